The summed E-state index contributed by atoms with van der Waals surface area (Å²) in [5.41, 5.74) is 1.84. The lowest BCUT2D eigenvalue weighted by atomic mass is 10.2. The Morgan fingerprint density at radius 1 is 1.17 bits per heavy atom. The maximum atomic E-state index is 12.9. The van der Waals surface area contributed by atoms with Crippen molar-refractivity contribution in [2.75, 3.05) is 7.11 Å². The van der Waals surface area contributed by atoms with Crippen LogP contribution in [0.4, 0.5) is 0 Å². The van der Waals surface area contributed by atoms with E-state index in [0.29, 0.717) is 18.3 Å². The predicted octanol–water partition coefficient (Wildman–Crippen LogP) is 4.25. The summed E-state index contributed by atoms with van der Waals surface area (Å²) in [5, 5.41) is 0.959. The molecule has 0 N–H and O–H groups in total. The second-order valence-corrected chi connectivity index (χ2v) is 6.16. The molecular formula is C20H19NO3. The van der Waals surface area contributed by atoms with Gasteiger partial charge in [-0.25, -0.2) is 0 Å². The highest BCUT2D eigenvalue weighted by molar-refractivity contribution is 5.96. The SMILES string of the molecule is COc1ccc(CN(C(=O)c2cc3ccccc3o2)C2CC2)cc1. The van der Waals surface area contributed by atoms with Gasteiger partial charge in [0.25, 0.3) is 5.91 Å². The molecule has 1 aromatic heterocycles. The molecule has 2 aromatic carbocycles. The third kappa shape index (κ3) is 2.87. The molecule has 1 aliphatic rings. The number of carbonyl (C=O) groups excluding carboxylic acids is 1. The largest absolute Gasteiger partial charge is 0.497 e. The van der Waals surface area contributed by atoms with Crippen molar-refractivity contribution in [3.8, 4) is 5.75 Å². The molecule has 0 bridgehead atoms. The number of hydrogen-bond acceptors (Lipinski definition) is 3. The van der Waals surface area contributed by atoms with Gasteiger partial charge in [-0.15, -0.1) is 0 Å². The molecule has 4 nitrogen and oxygen atoms in total. The van der Waals surface area contributed by atoms with Gasteiger partial charge >= 0.3 is 0 Å². The van der Waals surface area contributed by atoms with E-state index < -0.39 is 0 Å². The minimum absolute atomic E-state index is 0.0375. The molecule has 0 atom stereocenters. The molecule has 3 aromatic rings. The average molecular weight is 321 g/mol. The topological polar surface area (TPSA) is 42.7 Å². The number of fused-ring (bicyclic) bond motifs is 1. The van der Waals surface area contributed by atoms with Gasteiger partial charge in [0.1, 0.15) is 11.3 Å². The van der Waals surface area contributed by atoms with Gasteiger partial charge in [-0.3, -0.25) is 4.79 Å². The molecule has 1 amide bonds. The molecule has 0 radical (unpaired) electrons. The number of furan rings is 1. The predicted molar refractivity (Wildman–Crippen MR) is 92.1 cm³/mol. The van der Waals surface area contributed by atoms with E-state index in [1.54, 1.807) is 7.11 Å². The van der Waals surface area contributed by atoms with E-state index >= 15 is 0 Å². The molecule has 122 valence electrons. The minimum atomic E-state index is -0.0375. The smallest absolute Gasteiger partial charge is 0.290 e. The second-order valence-electron chi connectivity index (χ2n) is 6.16. The van der Waals surface area contributed by atoms with Crippen molar-refractivity contribution < 1.29 is 13.9 Å². The summed E-state index contributed by atoms with van der Waals surface area (Å²) >= 11 is 0. The highest BCUT2D eigenvalue weighted by Gasteiger charge is 2.34. The monoisotopic (exact) mass is 321 g/mol. The van der Waals surface area contributed by atoms with Crippen molar-refractivity contribution >= 4 is 16.9 Å². The number of para-hydroxylation sites is 1. The Balaban J connectivity index is 1.58. The maximum Gasteiger partial charge on any atom is 0.290 e. The quantitative estimate of drug-likeness (QED) is 0.705. The first-order chi connectivity index (χ1) is 11.7. The van der Waals surface area contributed by atoms with Crippen molar-refractivity contribution in [3.05, 3.63) is 65.9 Å². The minimum Gasteiger partial charge on any atom is -0.497 e. The van der Waals surface area contributed by atoms with Crippen LogP contribution in [0.3, 0.4) is 0 Å². The normalized spacial score (nSPS) is 13.9. The number of hydrogen-bond donors (Lipinski definition) is 0. The number of methoxy groups -OCH3 is 1. The number of amides is 1. The second kappa shape index (κ2) is 6.04. The lowest BCUT2D eigenvalue weighted by molar-refractivity contribution is 0.0700. The van der Waals surface area contributed by atoms with Crippen molar-refractivity contribution in [2.45, 2.75) is 25.4 Å². The van der Waals surface area contributed by atoms with Crippen LogP contribution in [0.2, 0.25) is 0 Å². The van der Waals surface area contributed by atoms with Gasteiger partial charge in [0.05, 0.1) is 7.11 Å². The maximum absolute atomic E-state index is 12.9. The molecule has 4 heteroatoms. The first-order valence-corrected chi connectivity index (χ1v) is 8.17. The fraction of sp³-hybridized carbons (Fsp3) is 0.250. The standard InChI is InChI=1S/C20H19NO3/c1-23-17-10-6-14(7-11-17)13-21(16-8-9-16)20(22)19-12-15-4-2-3-5-18(15)24-19/h2-7,10-12,16H,8-9,13H2,1H3. The number of ether oxygens (including phenoxy) is 1. The molecule has 1 saturated carbocycles. The van der Waals surface area contributed by atoms with E-state index in [-0.39, 0.29) is 5.91 Å². The molecule has 4 rings (SSSR count). The first kappa shape index (κ1) is 14.8. The lowest BCUT2D eigenvalue weighted by Crippen LogP contribution is -2.32. The van der Waals surface area contributed by atoms with Gasteiger partial charge in [0.15, 0.2) is 5.76 Å². The molecule has 0 saturated heterocycles. The van der Waals surface area contributed by atoms with Gasteiger partial charge in [0, 0.05) is 18.0 Å². The van der Waals surface area contributed by atoms with Gasteiger partial charge < -0.3 is 14.1 Å². The molecule has 1 heterocycles. The van der Waals surface area contributed by atoms with Crippen LogP contribution in [-0.4, -0.2) is 24.0 Å². The Morgan fingerprint density at radius 3 is 2.58 bits per heavy atom. The van der Waals surface area contributed by atoms with E-state index in [1.165, 1.54) is 0 Å². The van der Waals surface area contributed by atoms with Crippen LogP contribution >= 0.6 is 0 Å². The Labute approximate surface area is 140 Å². The molecule has 0 unspecified atom stereocenters. The van der Waals surface area contributed by atoms with Crippen molar-refractivity contribution in [1.82, 2.24) is 4.90 Å². The number of carbonyl (C=O) groups is 1. The van der Waals surface area contributed by atoms with Crippen molar-refractivity contribution in [2.24, 2.45) is 0 Å². The molecular weight excluding hydrogens is 302 g/mol. The van der Waals surface area contributed by atoms with E-state index in [2.05, 4.69) is 0 Å². The summed E-state index contributed by atoms with van der Waals surface area (Å²) in [6, 6.07) is 17.7. The van der Waals surface area contributed by atoms with Crippen LogP contribution in [0.15, 0.2) is 59.0 Å². The molecule has 1 aliphatic carbocycles. The highest BCUT2D eigenvalue weighted by atomic mass is 16.5. The summed E-state index contributed by atoms with van der Waals surface area (Å²) < 4.78 is 10.9. The van der Waals surface area contributed by atoms with Crippen molar-refractivity contribution in [3.63, 3.8) is 0 Å². The van der Waals surface area contributed by atoms with Gasteiger partial charge in [-0.05, 0) is 42.7 Å². The molecule has 24 heavy (non-hydrogen) atoms. The molecule has 0 spiro atoms. The van der Waals surface area contributed by atoms with E-state index in [9.17, 15) is 4.79 Å². The van der Waals surface area contributed by atoms with Crippen LogP contribution in [0.1, 0.15) is 29.0 Å². The number of rotatable bonds is 5. The van der Waals surface area contributed by atoms with E-state index in [0.717, 1.165) is 35.1 Å². The van der Waals surface area contributed by atoms with E-state index in [1.807, 2.05) is 59.5 Å². The van der Waals surface area contributed by atoms with Crippen LogP contribution in [0, 0.1) is 0 Å². The summed E-state index contributed by atoms with van der Waals surface area (Å²) in [5.74, 6) is 1.20. The highest BCUT2D eigenvalue weighted by Crippen LogP contribution is 2.31. The van der Waals surface area contributed by atoms with E-state index in [4.69, 9.17) is 9.15 Å². The summed E-state index contributed by atoms with van der Waals surface area (Å²) in [6.07, 6.45) is 2.12. The summed E-state index contributed by atoms with van der Waals surface area (Å²) in [4.78, 5) is 14.8. The summed E-state index contributed by atoms with van der Waals surface area (Å²) in [7, 11) is 1.65. The zero-order valence-corrected chi connectivity index (χ0v) is 13.6. The zero-order chi connectivity index (χ0) is 16.5. The summed E-state index contributed by atoms with van der Waals surface area (Å²) in [6.45, 7) is 0.588. The van der Waals surface area contributed by atoms with Crippen LogP contribution in [0.25, 0.3) is 11.0 Å². The number of benzene rings is 2. The Hall–Kier alpha value is -2.75. The fourth-order valence-corrected chi connectivity index (χ4v) is 2.91. The first-order valence-electron chi connectivity index (χ1n) is 8.17. The molecule has 1 fully saturated rings. The third-order valence-corrected chi connectivity index (χ3v) is 4.40. The molecule has 0 aliphatic heterocycles. The Morgan fingerprint density at radius 2 is 1.92 bits per heavy atom. The lowest BCUT2D eigenvalue weighted by Gasteiger charge is -2.21. The Bertz CT molecular complexity index is 829. The average Bonchev–Trinajstić information content (AvgIpc) is 3.37. The fourth-order valence-electron chi connectivity index (χ4n) is 2.91. The zero-order valence-electron chi connectivity index (χ0n) is 13.6. The van der Waals surface area contributed by atoms with Gasteiger partial charge in [-0.1, -0.05) is 30.3 Å². The number of nitrogens with zero attached hydrogens (tertiary/aromatic N) is 1. The third-order valence-electron chi connectivity index (χ3n) is 4.40. The van der Waals surface area contributed by atoms with Gasteiger partial charge in [0.2, 0.25) is 0 Å². The van der Waals surface area contributed by atoms with Crippen molar-refractivity contribution in [1.29, 1.82) is 0 Å². The Kier molecular flexibility index (Phi) is 3.73. The van der Waals surface area contributed by atoms with Crippen LogP contribution in [0.5, 0.6) is 5.75 Å². The van der Waals surface area contributed by atoms with Crippen LogP contribution in [-0.2, 0) is 6.54 Å². The van der Waals surface area contributed by atoms with Crippen LogP contribution < -0.4 is 4.74 Å². The van der Waals surface area contributed by atoms with Gasteiger partial charge in [-0.2, -0.15) is 0 Å².